The first-order valence-corrected chi connectivity index (χ1v) is 11.4. The fourth-order valence-electron chi connectivity index (χ4n) is 2.36. The highest BCUT2D eigenvalue weighted by Gasteiger charge is 2.18. The van der Waals surface area contributed by atoms with E-state index >= 15 is 0 Å². The first kappa shape index (κ1) is 21.1. The summed E-state index contributed by atoms with van der Waals surface area (Å²) in [4.78, 5) is 12.7. The molecule has 0 aromatic heterocycles. The molecule has 7 nitrogen and oxygen atoms in total. The van der Waals surface area contributed by atoms with Crippen LogP contribution in [-0.4, -0.2) is 47.4 Å². The Morgan fingerprint density at radius 1 is 0.889 bits per heavy atom. The number of rotatable bonds is 6. The summed E-state index contributed by atoms with van der Waals surface area (Å²) in [5.41, 5.74) is 1.08. The van der Waals surface area contributed by atoms with Crippen LogP contribution in [0.25, 0.3) is 0 Å². The number of nitrogens with zero attached hydrogens (tertiary/aromatic N) is 1. The quantitative estimate of drug-likeness (QED) is 0.783. The highest BCUT2D eigenvalue weighted by Crippen LogP contribution is 2.18. The summed E-state index contributed by atoms with van der Waals surface area (Å²) in [7, 11) is -3.95. The van der Waals surface area contributed by atoms with Crippen LogP contribution >= 0.6 is 0 Å². The van der Waals surface area contributed by atoms with Gasteiger partial charge in [-0.2, -0.15) is 0 Å². The van der Waals surface area contributed by atoms with Gasteiger partial charge in [0.15, 0.2) is 9.84 Å². The topological polar surface area (TPSA) is 101 Å². The van der Waals surface area contributed by atoms with Crippen LogP contribution in [0.2, 0.25) is 0 Å². The molecule has 0 spiro atoms. The van der Waals surface area contributed by atoms with E-state index in [4.69, 9.17) is 0 Å². The molecule has 0 aliphatic heterocycles. The molecule has 1 atom stereocenters. The van der Waals surface area contributed by atoms with Crippen LogP contribution in [0.4, 0.5) is 0 Å². The van der Waals surface area contributed by atoms with Gasteiger partial charge in [-0.25, -0.2) is 21.1 Å². The van der Waals surface area contributed by atoms with E-state index in [2.05, 4.69) is 5.32 Å². The molecule has 27 heavy (non-hydrogen) atoms. The molecule has 0 aliphatic carbocycles. The smallest absolute Gasteiger partial charge is 0.251 e. The predicted molar refractivity (Wildman–Crippen MR) is 103 cm³/mol. The van der Waals surface area contributed by atoms with E-state index in [1.807, 2.05) is 0 Å². The van der Waals surface area contributed by atoms with Gasteiger partial charge in [-0.15, -0.1) is 0 Å². The molecule has 0 saturated heterocycles. The first-order valence-electron chi connectivity index (χ1n) is 8.06. The number of amides is 1. The highest BCUT2D eigenvalue weighted by molar-refractivity contribution is 7.90. The molecule has 1 amide bonds. The third-order valence-corrected chi connectivity index (χ3v) is 7.01. The number of carbonyl (C=O) groups is 1. The molecular weight excluding hydrogens is 388 g/mol. The Labute approximate surface area is 160 Å². The number of hydrogen-bond donors (Lipinski definition) is 1. The zero-order chi connectivity index (χ0) is 20.4. The normalized spacial score (nSPS) is 13.4. The van der Waals surface area contributed by atoms with Gasteiger partial charge in [0.1, 0.15) is 0 Å². The van der Waals surface area contributed by atoms with Crippen LogP contribution in [0.1, 0.15) is 28.9 Å². The molecule has 0 radical (unpaired) electrons. The van der Waals surface area contributed by atoms with Gasteiger partial charge in [0, 0.05) is 25.9 Å². The van der Waals surface area contributed by atoms with Crippen molar-refractivity contribution in [1.29, 1.82) is 0 Å². The van der Waals surface area contributed by atoms with Gasteiger partial charge in [-0.1, -0.05) is 12.1 Å². The lowest BCUT2D eigenvalue weighted by atomic mass is 10.1. The van der Waals surface area contributed by atoms with Crippen LogP contribution in [0.15, 0.2) is 58.3 Å². The third kappa shape index (κ3) is 4.94. The highest BCUT2D eigenvalue weighted by atomic mass is 32.2. The Morgan fingerprint density at radius 3 is 1.81 bits per heavy atom. The predicted octanol–water partition coefficient (Wildman–Crippen LogP) is 1.83. The SMILES string of the molecule is CC(NC(=O)c1ccc(S(=O)(=O)N(C)C)cc1)c1ccc(S(C)(=O)=O)cc1. The summed E-state index contributed by atoms with van der Waals surface area (Å²) in [5.74, 6) is -0.358. The second-order valence-corrected chi connectivity index (χ2v) is 10.5. The summed E-state index contributed by atoms with van der Waals surface area (Å²) in [6, 6.07) is 11.6. The number of sulfonamides is 1. The summed E-state index contributed by atoms with van der Waals surface area (Å²) in [6.07, 6.45) is 1.13. The first-order chi connectivity index (χ1) is 12.4. The van der Waals surface area contributed by atoms with Crippen molar-refractivity contribution in [3.8, 4) is 0 Å². The molecule has 2 aromatic carbocycles. The van der Waals surface area contributed by atoms with Gasteiger partial charge < -0.3 is 5.32 Å². The largest absolute Gasteiger partial charge is 0.346 e. The third-order valence-electron chi connectivity index (χ3n) is 4.05. The molecule has 0 fully saturated rings. The standard InChI is InChI=1S/C18H22N2O5S2/c1-13(14-5-9-16(10-6-14)26(4,22)23)19-18(21)15-7-11-17(12-8-15)27(24,25)20(2)3/h5-13H,1-4H3,(H,19,21). The molecule has 146 valence electrons. The number of nitrogens with one attached hydrogen (secondary N) is 1. The Bertz CT molecular complexity index is 1030. The van der Waals surface area contributed by atoms with Gasteiger partial charge >= 0.3 is 0 Å². The molecule has 0 aliphatic rings. The van der Waals surface area contributed by atoms with Crippen LogP contribution in [0, 0.1) is 0 Å². The maximum atomic E-state index is 12.4. The van der Waals surface area contributed by atoms with Crippen molar-refractivity contribution >= 4 is 25.8 Å². The minimum atomic E-state index is -3.55. The average molecular weight is 411 g/mol. The molecule has 0 heterocycles. The van der Waals surface area contributed by atoms with Crippen LogP contribution in [0.5, 0.6) is 0 Å². The summed E-state index contributed by atoms with van der Waals surface area (Å²) >= 11 is 0. The lowest BCUT2D eigenvalue weighted by Crippen LogP contribution is -2.27. The molecule has 0 saturated carbocycles. The average Bonchev–Trinajstić information content (AvgIpc) is 2.61. The van der Waals surface area contributed by atoms with Crippen LogP contribution < -0.4 is 5.32 Å². The Kier molecular flexibility index (Phi) is 6.08. The van der Waals surface area contributed by atoms with Gasteiger partial charge in [-0.05, 0) is 48.9 Å². The van der Waals surface area contributed by atoms with Gasteiger partial charge in [0.25, 0.3) is 5.91 Å². The summed E-state index contributed by atoms with van der Waals surface area (Å²) < 4.78 is 48.2. The lowest BCUT2D eigenvalue weighted by molar-refractivity contribution is 0.0939. The number of benzene rings is 2. The van der Waals surface area contributed by atoms with Crippen molar-refractivity contribution in [3.63, 3.8) is 0 Å². The Hall–Kier alpha value is -2.23. The minimum Gasteiger partial charge on any atom is -0.346 e. The van der Waals surface area contributed by atoms with E-state index in [0.29, 0.717) is 5.56 Å². The van der Waals surface area contributed by atoms with Crippen molar-refractivity contribution in [2.24, 2.45) is 0 Å². The monoisotopic (exact) mass is 410 g/mol. The van der Waals surface area contributed by atoms with Crippen molar-refractivity contribution in [2.45, 2.75) is 22.8 Å². The fourth-order valence-corrected chi connectivity index (χ4v) is 3.89. The van der Waals surface area contributed by atoms with E-state index in [0.717, 1.165) is 16.1 Å². The van der Waals surface area contributed by atoms with Gasteiger partial charge in [-0.3, -0.25) is 4.79 Å². The number of hydrogen-bond acceptors (Lipinski definition) is 5. The van der Waals surface area contributed by atoms with Crippen molar-refractivity contribution in [3.05, 3.63) is 59.7 Å². The van der Waals surface area contributed by atoms with E-state index in [1.54, 1.807) is 19.1 Å². The molecule has 0 bridgehead atoms. The second kappa shape index (κ2) is 7.79. The second-order valence-electron chi connectivity index (χ2n) is 6.35. The number of sulfone groups is 1. The van der Waals surface area contributed by atoms with Crippen molar-refractivity contribution in [1.82, 2.24) is 9.62 Å². The lowest BCUT2D eigenvalue weighted by Gasteiger charge is -2.15. The maximum Gasteiger partial charge on any atom is 0.251 e. The van der Waals surface area contributed by atoms with Crippen molar-refractivity contribution < 1.29 is 21.6 Å². The number of carbonyl (C=O) groups excluding carboxylic acids is 1. The molecule has 9 heteroatoms. The minimum absolute atomic E-state index is 0.105. The summed E-state index contributed by atoms with van der Waals surface area (Å²) in [6.45, 7) is 1.78. The molecular formula is C18H22N2O5S2. The van der Waals surface area contributed by atoms with E-state index in [1.165, 1.54) is 50.5 Å². The molecule has 2 rings (SSSR count). The van der Waals surface area contributed by atoms with Gasteiger partial charge in [0.05, 0.1) is 15.8 Å². The van der Waals surface area contributed by atoms with E-state index in [9.17, 15) is 21.6 Å². The zero-order valence-electron chi connectivity index (χ0n) is 15.5. The Balaban J connectivity index is 2.13. The fraction of sp³-hybridized carbons (Fsp3) is 0.278. The molecule has 1 N–H and O–H groups in total. The van der Waals surface area contributed by atoms with Gasteiger partial charge in [0.2, 0.25) is 10.0 Å². The van der Waals surface area contributed by atoms with Crippen molar-refractivity contribution in [2.75, 3.05) is 20.4 Å². The summed E-state index contributed by atoms with van der Waals surface area (Å²) in [5, 5.41) is 2.80. The molecule has 2 aromatic rings. The van der Waals surface area contributed by atoms with E-state index in [-0.39, 0.29) is 21.7 Å². The van der Waals surface area contributed by atoms with E-state index < -0.39 is 19.9 Å². The maximum absolute atomic E-state index is 12.4. The zero-order valence-corrected chi connectivity index (χ0v) is 17.1. The van der Waals surface area contributed by atoms with Crippen LogP contribution in [-0.2, 0) is 19.9 Å². The Morgan fingerprint density at radius 2 is 1.37 bits per heavy atom. The molecule has 1 unspecified atom stereocenters. The van der Waals surface area contributed by atoms with Crippen LogP contribution in [0.3, 0.4) is 0 Å².